The van der Waals surface area contributed by atoms with E-state index in [4.69, 9.17) is 0 Å². The first-order chi connectivity index (χ1) is 9.55. The molecule has 5 nitrogen and oxygen atoms in total. The maximum atomic E-state index is 11.8. The molecule has 0 radical (unpaired) electrons. The van der Waals surface area contributed by atoms with Crippen molar-refractivity contribution in [1.82, 2.24) is 5.32 Å². The summed E-state index contributed by atoms with van der Waals surface area (Å²) in [4.78, 5) is 22.9. The molecule has 1 fully saturated rings. The fourth-order valence-electron chi connectivity index (χ4n) is 2.32. The molecule has 2 rings (SSSR count). The lowest BCUT2D eigenvalue weighted by molar-refractivity contribution is -0.153. The van der Waals surface area contributed by atoms with Crippen LogP contribution in [0.1, 0.15) is 31.7 Å². The van der Waals surface area contributed by atoms with Crippen molar-refractivity contribution >= 4 is 17.7 Å². The van der Waals surface area contributed by atoms with E-state index in [0.717, 1.165) is 12.8 Å². The number of amides is 2. The Morgan fingerprint density at radius 3 is 2.35 bits per heavy atom. The second-order valence-corrected chi connectivity index (χ2v) is 5.30. The number of hydrogen-bond acceptors (Lipinski definition) is 2. The van der Waals surface area contributed by atoms with Gasteiger partial charge in [-0.25, -0.2) is 4.79 Å². The summed E-state index contributed by atoms with van der Waals surface area (Å²) in [6.07, 6.45) is 3.13. The number of benzene rings is 1. The zero-order chi connectivity index (χ0) is 14.6. The zero-order valence-electron chi connectivity index (χ0n) is 11.6. The normalized spacial score (nSPS) is 16.1. The van der Waals surface area contributed by atoms with Crippen LogP contribution in [0, 0.1) is 5.41 Å². The number of aryl methyl sites for hydroxylation is 1. The summed E-state index contributed by atoms with van der Waals surface area (Å²) in [5.41, 5.74) is 1.15. The van der Waals surface area contributed by atoms with Crippen molar-refractivity contribution < 1.29 is 14.7 Å². The molecule has 1 aliphatic carbocycles. The molecule has 1 aromatic carbocycles. The van der Waals surface area contributed by atoms with E-state index in [2.05, 4.69) is 17.6 Å². The first kappa shape index (κ1) is 14.4. The quantitative estimate of drug-likeness (QED) is 0.773. The number of carboxylic acid groups (broad SMARTS) is 1. The van der Waals surface area contributed by atoms with E-state index in [1.165, 1.54) is 5.56 Å². The van der Waals surface area contributed by atoms with Gasteiger partial charge in [0.1, 0.15) is 0 Å². The van der Waals surface area contributed by atoms with Crippen molar-refractivity contribution in [2.45, 2.75) is 32.6 Å². The lowest BCUT2D eigenvalue weighted by atomic mass is 9.69. The molecule has 0 aliphatic heterocycles. The van der Waals surface area contributed by atoms with Crippen molar-refractivity contribution in [2.75, 3.05) is 11.9 Å². The second-order valence-electron chi connectivity index (χ2n) is 5.30. The lowest BCUT2D eigenvalue weighted by Crippen LogP contribution is -2.48. The van der Waals surface area contributed by atoms with Gasteiger partial charge in [0.2, 0.25) is 0 Å². The monoisotopic (exact) mass is 276 g/mol. The summed E-state index contributed by atoms with van der Waals surface area (Å²) in [6.45, 7) is 2.25. The number of aliphatic carboxylic acids is 1. The Balaban J connectivity index is 1.84. The molecule has 0 heterocycles. The van der Waals surface area contributed by atoms with E-state index in [1.54, 1.807) is 0 Å². The van der Waals surface area contributed by atoms with Crippen LogP contribution in [0.3, 0.4) is 0 Å². The van der Waals surface area contributed by atoms with E-state index in [1.807, 2.05) is 24.3 Å². The Hall–Kier alpha value is -2.04. The molecule has 1 saturated carbocycles. The van der Waals surface area contributed by atoms with Gasteiger partial charge in [-0.05, 0) is 37.0 Å². The Morgan fingerprint density at radius 1 is 1.25 bits per heavy atom. The number of urea groups is 1. The van der Waals surface area contributed by atoms with E-state index < -0.39 is 11.4 Å². The molecule has 20 heavy (non-hydrogen) atoms. The van der Waals surface area contributed by atoms with Crippen LogP contribution in [-0.2, 0) is 11.2 Å². The number of carboxylic acids is 1. The van der Waals surface area contributed by atoms with Crippen LogP contribution in [-0.4, -0.2) is 23.7 Å². The summed E-state index contributed by atoms with van der Waals surface area (Å²) in [6, 6.07) is 7.24. The molecule has 2 amide bonds. The largest absolute Gasteiger partial charge is 0.481 e. The Kier molecular flexibility index (Phi) is 4.27. The second kappa shape index (κ2) is 5.94. The SMILES string of the molecule is CCc1ccc(NC(=O)NCC2(C(=O)O)CCC2)cc1. The van der Waals surface area contributed by atoms with Crippen molar-refractivity contribution in [3.8, 4) is 0 Å². The van der Waals surface area contributed by atoms with Gasteiger partial charge >= 0.3 is 12.0 Å². The number of rotatable bonds is 5. The molecule has 0 saturated heterocycles. The fourth-order valence-corrected chi connectivity index (χ4v) is 2.32. The molecule has 0 spiro atoms. The summed E-state index contributed by atoms with van der Waals surface area (Å²) < 4.78 is 0. The maximum Gasteiger partial charge on any atom is 0.319 e. The van der Waals surface area contributed by atoms with Gasteiger partial charge in [0.25, 0.3) is 0 Å². The average Bonchev–Trinajstić information content (AvgIpc) is 2.38. The molecule has 0 aromatic heterocycles. The predicted molar refractivity (Wildman–Crippen MR) is 76.8 cm³/mol. The Morgan fingerprint density at radius 2 is 1.90 bits per heavy atom. The third-order valence-electron chi connectivity index (χ3n) is 3.97. The van der Waals surface area contributed by atoms with Gasteiger partial charge in [-0.2, -0.15) is 0 Å². The average molecular weight is 276 g/mol. The molecular weight excluding hydrogens is 256 g/mol. The van der Waals surface area contributed by atoms with Crippen molar-refractivity contribution in [3.05, 3.63) is 29.8 Å². The summed E-state index contributed by atoms with van der Waals surface area (Å²) >= 11 is 0. The summed E-state index contributed by atoms with van der Waals surface area (Å²) in [5, 5.41) is 14.5. The third-order valence-corrected chi connectivity index (χ3v) is 3.97. The van der Waals surface area contributed by atoms with E-state index in [0.29, 0.717) is 18.5 Å². The standard InChI is InChI=1S/C15H20N2O3/c1-2-11-4-6-12(7-5-11)17-14(20)16-10-15(13(18)19)8-3-9-15/h4-7H,2-3,8-10H2,1H3,(H,18,19)(H2,16,17,20). The molecule has 0 unspecified atom stereocenters. The first-order valence-corrected chi connectivity index (χ1v) is 6.93. The van der Waals surface area contributed by atoms with Crippen molar-refractivity contribution in [3.63, 3.8) is 0 Å². The van der Waals surface area contributed by atoms with Crippen LogP contribution >= 0.6 is 0 Å². The van der Waals surface area contributed by atoms with Gasteiger partial charge in [0, 0.05) is 12.2 Å². The van der Waals surface area contributed by atoms with Crippen LogP contribution in [0.15, 0.2) is 24.3 Å². The minimum absolute atomic E-state index is 0.182. The highest BCUT2D eigenvalue weighted by Crippen LogP contribution is 2.40. The van der Waals surface area contributed by atoms with Gasteiger partial charge in [-0.3, -0.25) is 4.79 Å². The highest BCUT2D eigenvalue weighted by Gasteiger charge is 2.44. The van der Waals surface area contributed by atoms with Gasteiger partial charge < -0.3 is 15.7 Å². The van der Waals surface area contributed by atoms with E-state index >= 15 is 0 Å². The summed E-state index contributed by atoms with van der Waals surface area (Å²) in [5.74, 6) is -0.823. The molecule has 1 aliphatic rings. The topological polar surface area (TPSA) is 78.4 Å². The van der Waals surface area contributed by atoms with Crippen LogP contribution < -0.4 is 10.6 Å². The Labute approximate surface area is 118 Å². The number of carbonyl (C=O) groups excluding carboxylic acids is 1. The molecule has 5 heteroatoms. The van der Waals surface area contributed by atoms with Crippen LogP contribution in [0.5, 0.6) is 0 Å². The van der Waals surface area contributed by atoms with Crippen LogP contribution in [0.4, 0.5) is 10.5 Å². The minimum atomic E-state index is -0.823. The number of nitrogens with one attached hydrogen (secondary N) is 2. The summed E-state index contributed by atoms with van der Waals surface area (Å²) in [7, 11) is 0. The molecule has 3 N–H and O–H groups in total. The van der Waals surface area contributed by atoms with Crippen molar-refractivity contribution in [1.29, 1.82) is 0 Å². The highest BCUT2D eigenvalue weighted by molar-refractivity contribution is 5.89. The van der Waals surface area contributed by atoms with Gasteiger partial charge in [-0.1, -0.05) is 25.5 Å². The molecule has 108 valence electrons. The molecule has 0 bridgehead atoms. The number of carbonyl (C=O) groups is 2. The molecule has 1 aromatic rings. The highest BCUT2D eigenvalue weighted by atomic mass is 16.4. The van der Waals surface area contributed by atoms with Crippen molar-refractivity contribution in [2.24, 2.45) is 5.41 Å². The minimum Gasteiger partial charge on any atom is -0.481 e. The fraction of sp³-hybridized carbons (Fsp3) is 0.467. The number of hydrogen-bond donors (Lipinski definition) is 3. The van der Waals surface area contributed by atoms with Crippen LogP contribution in [0.25, 0.3) is 0 Å². The maximum absolute atomic E-state index is 11.8. The zero-order valence-corrected chi connectivity index (χ0v) is 11.6. The predicted octanol–water partition coefficient (Wildman–Crippen LogP) is 2.63. The smallest absolute Gasteiger partial charge is 0.319 e. The molecular formula is C15H20N2O3. The lowest BCUT2D eigenvalue weighted by Gasteiger charge is -2.37. The molecule has 0 atom stereocenters. The Bertz CT molecular complexity index is 492. The number of anilines is 1. The van der Waals surface area contributed by atoms with Crippen LogP contribution in [0.2, 0.25) is 0 Å². The van der Waals surface area contributed by atoms with E-state index in [9.17, 15) is 14.7 Å². The first-order valence-electron chi connectivity index (χ1n) is 6.93. The van der Waals surface area contributed by atoms with E-state index in [-0.39, 0.29) is 12.6 Å². The third kappa shape index (κ3) is 3.10. The van der Waals surface area contributed by atoms with Gasteiger partial charge in [-0.15, -0.1) is 0 Å². The van der Waals surface area contributed by atoms with Gasteiger partial charge in [0.15, 0.2) is 0 Å². The van der Waals surface area contributed by atoms with Gasteiger partial charge in [0.05, 0.1) is 5.41 Å².